The SMILES string of the molecule is Cc1cc(C(=O)O)ccc1CNC(=O)OCc1ccccc1. The summed E-state index contributed by atoms with van der Waals surface area (Å²) in [7, 11) is 0. The average Bonchev–Trinajstić information content (AvgIpc) is 2.52. The Morgan fingerprint density at radius 3 is 2.50 bits per heavy atom. The Balaban J connectivity index is 1.85. The molecule has 5 nitrogen and oxygen atoms in total. The van der Waals surface area contributed by atoms with Crippen LogP contribution in [0.5, 0.6) is 0 Å². The van der Waals surface area contributed by atoms with Crippen molar-refractivity contribution in [2.24, 2.45) is 0 Å². The molecule has 0 aliphatic rings. The first-order valence-electron chi connectivity index (χ1n) is 6.83. The quantitative estimate of drug-likeness (QED) is 0.889. The van der Waals surface area contributed by atoms with Gasteiger partial charge in [0, 0.05) is 6.54 Å². The van der Waals surface area contributed by atoms with Gasteiger partial charge in [0.05, 0.1) is 5.56 Å². The van der Waals surface area contributed by atoms with Gasteiger partial charge in [-0.25, -0.2) is 9.59 Å². The summed E-state index contributed by atoms with van der Waals surface area (Å²) < 4.78 is 5.11. The van der Waals surface area contributed by atoms with Gasteiger partial charge in [-0.15, -0.1) is 0 Å². The second-order valence-electron chi connectivity index (χ2n) is 4.86. The third kappa shape index (κ3) is 4.34. The molecule has 0 aliphatic heterocycles. The maximum Gasteiger partial charge on any atom is 0.407 e. The van der Waals surface area contributed by atoms with E-state index in [-0.39, 0.29) is 12.2 Å². The van der Waals surface area contributed by atoms with Crippen LogP contribution in [0.2, 0.25) is 0 Å². The van der Waals surface area contributed by atoms with Crippen molar-refractivity contribution in [2.45, 2.75) is 20.1 Å². The normalized spacial score (nSPS) is 10.0. The predicted molar refractivity (Wildman–Crippen MR) is 81.6 cm³/mol. The van der Waals surface area contributed by atoms with Crippen LogP contribution in [0.25, 0.3) is 0 Å². The molecule has 0 aliphatic carbocycles. The highest BCUT2D eigenvalue weighted by Crippen LogP contribution is 2.11. The van der Waals surface area contributed by atoms with Gasteiger partial charge in [0.2, 0.25) is 0 Å². The van der Waals surface area contributed by atoms with E-state index < -0.39 is 12.1 Å². The van der Waals surface area contributed by atoms with Gasteiger partial charge in [0.15, 0.2) is 0 Å². The predicted octanol–water partition coefficient (Wildman–Crippen LogP) is 3.12. The Morgan fingerprint density at radius 2 is 1.86 bits per heavy atom. The molecule has 0 saturated heterocycles. The van der Waals surface area contributed by atoms with Crippen LogP contribution >= 0.6 is 0 Å². The highest BCUT2D eigenvalue weighted by atomic mass is 16.5. The number of aryl methyl sites for hydroxylation is 1. The summed E-state index contributed by atoms with van der Waals surface area (Å²) >= 11 is 0. The first-order chi connectivity index (χ1) is 10.6. The zero-order chi connectivity index (χ0) is 15.9. The van der Waals surface area contributed by atoms with Gasteiger partial charge in [-0.05, 0) is 35.7 Å². The fourth-order valence-corrected chi connectivity index (χ4v) is 1.97. The van der Waals surface area contributed by atoms with Gasteiger partial charge in [-0.1, -0.05) is 36.4 Å². The van der Waals surface area contributed by atoms with Crippen molar-refractivity contribution in [2.75, 3.05) is 0 Å². The molecule has 0 radical (unpaired) electrons. The number of benzene rings is 2. The Kier molecular flexibility index (Phi) is 5.14. The van der Waals surface area contributed by atoms with E-state index in [1.165, 1.54) is 6.07 Å². The monoisotopic (exact) mass is 299 g/mol. The van der Waals surface area contributed by atoms with Crippen molar-refractivity contribution < 1.29 is 19.4 Å². The number of carbonyl (C=O) groups is 2. The van der Waals surface area contributed by atoms with Crippen LogP contribution in [0.4, 0.5) is 4.79 Å². The number of carboxylic acid groups (broad SMARTS) is 1. The summed E-state index contributed by atoms with van der Waals surface area (Å²) in [4.78, 5) is 22.5. The molecular weight excluding hydrogens is 282 g/mol. The Hall–Kier alpha value is -2.82. The van der Waals surface area contributed by atoms with Crippen molar-refractivity contribution in [3.05, 3.63) is 70.8 Å². The molecule has 2 rings (SSSR count). The first-order valence-corrected chi connectivity index (χ1v) is 6.83. The summed E-state index contributed by atoms with van der Waals surface area (Å²) in [6.07, 6.45) is -0.509. The molecule has 2 aromatic rings. The van der Waals surface area contributed by atoms with Crippen molar-refractivity contribution in [3.8, 4) is 0 Å². The molecule has 0 fully saturated rings. The smallest absolute Gasteiger partial charge is 0.407 e. The summed E-state index contributed by atoms with van der Waals surface area (Å²) in [5.41, 5.74) is 2.80. The molecule has 0 spiro atoms. The summed E-state index contributed by atoms with van der Waals surface area (Å²) in [5.74, 6) is -0.968. The van der Waals surface area contributed by atoms with E-state index in [4.69, 9.17) is 9.84 Å². The van der Waals surface area contributed by atoms with Gasteiger partial charge in [0.1, 0.15) is 6.61 Å². The Morgan fingerprint density at radius 1 is 1.14 bits per heavy atom. The van der Waals surface area contributed by atoms with E-state index in [1.54, 1.807) is 19.1 Å². The zero-order valence-electron chi connectivity index (χ0n) is 12.2. The number of hydrogen-bond acceptors (Lipinski definition) is 3. The fraction of sp³-hybridized carbons (Fsp3) is 0.176. The van der Waals surface area contributed by atoms with Gasteiger partial charge in [-0.2, -0.15) is 0 Å². The lowest BCUT2D eigenvalue weighted by Gasteiger charge is -2.09. The van der Waals surface area contributed by atoms with Gasteiger partial charge in [-0.3, -0.25) is 0 Å². The molecule has 114 valence electrons. The van der Waals surface area contributed by atoms with E-state index in [1.807, 2.05) is 30.3 Å². The standard InChI is InChI=1S/C17H17NO4/c1-12-9-14(16(19)20)7-8-15(12)10-18-17(21)22-11-13-5-3-2-4-6-13/h2-9H,10-11H2,1H3,(H,18,21)(H,19,20). The number of alkyl carbamates (subject to hydrolysis) is 1. The molecule has 0 aromatic heterocycles. The Bertz CT molecular complexity index is 668. The van der Waals surface area contributed by atoms with Crippen molar-refractivity contribution in [1.82, 2.24) is 5.32 Å². The lowest BCUT2D eigenvalue weighted by atomic mass is 10.1. The van der Waals surface area contributed by atoms with E-state index in [9.17, 15) is 9.59 Å². The van der Waals surface area contributed by atoms with Crippen LogP contribution in [-0.4, -0.2) is 17.2 Å². The average molecular weight is 299 g/mol. The first kappa shape index (κ1) is 15.6. The third-order valence-electron chi connectivity index (χ3n) is 3.23. The second-order valence-corrected chi connectivity index (χ2v) is 4.86. The summed E-state index contributed by atoms with van der Waals surface area (Å²) in [6, 6.07) is 14.2. The minimum Gasteiger partial charge on any atom is -0.478 e. The summed E-state index contributed by atoms with van der Waals surface area (Å²) in [5, 5.41) is 11.6. The number of aromatic carboxylic acids is 1. The van der Waals surface area contributed by atoms with Crippen LogP contribution in [0.3, 0.4) is 0 Å². The summed E-state index contributed by atoms with van der Waals surface area (Å²) in [6.45, 7) is 2.31. The van der Waals surface area contributed by atoms with E-state index >= 15 is 0 Å². The van der Waals surface area contributed by atoms with Crippen LogP contribution in [0, 0.1) is 6.92 Å². The molecule has 0 unspecified atom stereocenters. The molecule has 0 atom stereocenters. The largest absolute Gasteiger partial charge is 0.478 e. The van der Waals surface area contributed by atoms with Crippen LogP contribution in [0.15, 0.2) is 48.5 Å². The van der Waals surface area contributed by atoms with E-state index in [0.717, 1.165) is 16.7 Å². The van der Waals surface area contributed by atoms with Gasteiger partial charge < -0.3 is 15.2 Å². The van der Waals surface area contributed by atoms with Crippen molar-refractivity contribution in [1.29, 1.82) is 0 Å². The molecule has 2 N–H and O–H groups in total. The highest BCUT2D eigenvalue weighted by Gasteiger charge is 2.07. The number of nitrogens with one attached hydrogen (secondary N) is 1. The molecule has 0 heterocycles. The van der Waals surface area contributed by atoms with Crippen LogP contribution in [0.1, 0.15) is 27.0 Å². The molecule has 5 heteroatoms. The molecule has 0 bridgehead atoms. The number of amides is 1. The lowest BCUT2D eigenvalue weighted by Crippen LogP contribution is -2.24. The highest BCUT2D eigenvalue weighted by molar-refractivity contribution is 5.87. The van der Waals surface area contributed by atoms with Crippen molar-refractivity contribution in [3.63, 3.8) is 0 Å². The maximum absolute atomic E-state index is 11.6. The molecular formula is C17H17NO4. The Labute approximate surface area is 128 Å². The van der Waals surface area contributed by atoms with Crippen LogP contribution < -0.4 is 5.32 Å². The van der Waals surface area contributed by atoms with Crippen LogP contribution in [-0.2, 0) is 17.9 Å². The lowest BCUT2D eigenvalue weighted by molar-refractivity contribution is 0.0696. The topological polar surface area (TPSA) is 75.6 Å². The van der Waals surface area contributed by atoms with E-state index in [0.29, 0.717) is 6.54 Å². The zero-order valence-corrected chi connectivity index (χ0v) is 12.2. The maximum atomic E-state index is 11.6. The third-order valence-corrected chi connectivity index (χ3v) is 3.23. The minimum atomic E-state index is -0.968. The molecule has 1 amide bonds. The van der Waals surface area contributed by atoms with Crippen molar-refractivity contribution >= 4 is 12.1 Å². The van der Waals surface area contributed by atoms with Gasteiger partial charge >= 0.3 is 12.1 Å². The second kappa shape index (κ2) is 7.26. The minimum absolute atomic E-state index is 0.212. The molecule has 0 saturated carbocycles. The fourth-order valence-electron chi connectivity index (χ4n) is 1.97. The number of carboxylic acids is 1. The number of rotatable bonds is 5. The van der Waals surface area contributed by atoms with Gasteiger partial charge in [0.25, 0.3) is 0 Å². The molecule has 2 aromatic carbocycles. The van der Waals surface area contributed by atoms with E-state index in [2.05, 4.69) is 5.32 Å². The number of ether oxygens (including phenoxy) is 1. The molecule has 22 heavy (non-hydrogen) atoms. The number of carbonyl (C=O) groups excluding carboxylic acids is 1. The number of hydrogen-bond donors (Lipinski definition) is 2.